The van der Waals surface area contributed by atoms with Gasteiger partial charge in [0.2, 0.25) is 0 Å². The molecule has 0 unspecified atom stereocenters. The molecule has 0 radical (unpaired) electrons. The molecule has 0 bridgehead atoms. The number of imidazole rings is 1. The summed E-state index contributed by atoms with van der Waals surface area (Å²) in [4.78, 5) is 17.7. The molecular weight excluding hydrogens is 413 g/mol. The van der Waals surface area contributed by atoms with Crippen LogP contribution in [0.15, 0.2) is 60.4 Å². The number of pyridine rings is 2. The van der Waals surface area contributed by atoms with Gasteiger partial charge in [0.05, 0.1) is 21.6 Å². The van der Waals surface area contributed by atoms with Crippen molar-refractivity contribution in [1.82, 2.24) is 30.1 Å². The maximum atomic E-state index is 14.8. The minimum atomic E-state index is -0.385. The van der Waals surface area contributed by atoms with Gasteiger partial charge in [-0.15, -0.1) is 11.3 Å². The molecule has 0 amide bonds. The van der Waals surface area contributed by atoms with Crippen LogP contribution in [0.5, 0.6) is 0 Å². The Bertz CT molecular complexity index is 1570. The van der Waals surface area contributed by atoms with E-state index >= 15 is 0 Å². The molecule has 5 heterocycles. The van der Waals surface area contributed by atoms with E-state index in [1.165, 1.54) is 12.3 Å². The number of H-pyrrole nitrogens is 2. The van der Waals surface area contributed by atoms with E-state index in [1.807, 2.05) is 23.6 Å². The molecule has 4 N–H and O–H groups in total. The summed E-state index contributed by atoms with van der Waals surface area (Å²) < 4.78 is 14.8. The number of halogens is 1. The number of hydrogen-bond acceptors (Lipinski definition) is 6. The zero-order chi connectivity index (χ0) is 20.9. The van der Waals surface area contributed by atoms with Gasteiger partial charge in [-0.05, 0) is 29.6 Å². The van der Waals surface area contributed by atoms with Gasteiger partial charge < -0.3 is 10.7 Å². The first-order valence-electron chi connectivity index (χ1n) is 9.45. The SMILES string of the molecule is Nc1cncc(-c2cc3c(-c4nc5c(-c6cccs6)nccc5[nH]4)n[nH]c3cc2F)c1. The van der Waals surface area contributed by atoms with E-state index in [1.54, 1.807) is 35.9 Å². The topological polar surface area (TPSA) is 109 Å². The highest BCUT2D eigenvalue weighted by Crippen LogP contribution is 2.34. The molecule has 0 fully saturated rings. The number of fused-ring (bicyclic) bond motifs is 2. The molecule has 9 heteroatoms. The quantitative estimate of drug-likeness (QED) is 0.368. The van der Waals surface area contributed by atoms with Gasteiger partial charge in [0.15, 0.2) is 5.82 Å². The highest BCUT2D eigenvalue weighted by molar-refractivity contribution is 7.13. The molecule has 6 aromatic rings. The minimum absolute atomic E-state index is 0.385. The molecule has 6 rings (SSSR count). The molecule has 0 saturated carbocycles. The third-order valence-electron chi connectivity index (χ3n) is 5.10. The molecule has 7 nitrogen and oxygen atoms in total. The van der Waals surface area contributed by atoms with Crippen LogP contribution in [0.2, 0.25) is 0 Å². The Morgan fingerprint density at radius 2 is 1.97 bits per heavy atom. The fraction of sp³-hybridized carbons (Fsp3) is 0. The number of nitrogens with one attached hydrogen (secondary N) is 2. The molecule has 1 aromatic carbocycles. The lowest BCUT2D eigenvalue weighted by Gasteiger charge is -2.05. The van der Waals surface area contributed by atoms with Gasteiger partial charge in [0.25, 0.3) is 0 Å². The number of hydrogen-bond donors (Lipinski definition) is 3. The summed E-state index contributed by atoms with van der Waals surface area (Å²) in [5.41, 5.74) is 10.9. The first-order valence-corrected chi connectivity index (χ1v) is 10.3. The van der Waals surface area contributed by atoms with Crippen molar-refractivity contribution in [2.45, 2.75) is 0 Å². The molecule has 31 heavy (non-hydrogen) atoms. The summed E-state index contributed by atoms with van der Waals surface area (Å²) in [6, 6.07) is 10.7. The number of aromatic amines is 2. The fourth-order valence-corrected chi connectivity index (χ4v) is 4.41. The number of thiophene rings is 1. The van der Waals surface area contributed by atoms with Crippen molar-refractivity contribution >= 4 is 39.0 Å². The molecule has 0 aliphatic rings. The summed E-state index contributed by atoms with van der Waals surface area (Å²) >= 11 is 1.61. The third-order valence-corrected chi connectivity index (χ3v) is 5.98. The first kappa shape index (κ1) is 17.7. The Kier molecular flexibility index (Phi) is 3.84. The Morgan fingerprint density at radius 3 is 2.81 bits per heavy atom. The lowest BCUT2D eigenvalue weighted by molar-refractivity contribution is 0.633. The minimum Gasteiger partial charge on any atom is -0.397 e. The first-order chi connectivity index (χ1) is 15.2. The van der Waals surface area contributed by atoms with Crippen molar-refractivity contribution < 1.29 is 4.39 Å². The van der Waals surface area contributed by atoms with E-state index in [4.69, 9.17) is 10.7 Å². The van der Waals surface area contributed by atoms with Crippen LogP contribution in [0.1, 0.15) is 0 Å². The van der Waals surface area contributed by atoms with Crippen molar-refractivity contribution in [1.29, 1.82) is 0 Å². The maximum Gasteiger partial charge on any atom is 0.159 e. The predicted octanol–water partition coefficient (Wildman–Crippen LogP) is 5.01. The van der Waals surface area contributed by atoms with Crippen LogP contribution in [0.25, 0.3) is 55.2 Å². The molecule has 0 saturated heterocycles. The van der Waals surface area contributed by atoms with Gasteiger partial charge in [-0.3, -0.25) is 15.1 Å². The summed E-state index contributed by atoms with van der Waals surface area (Å²) in [7, 11) is 0. The van der Waals surface area contributed by atoms with Gasteiger partial charge in [-0.2, -0.15) is 5.10 Å². The second-order valence-electron chi connectivity index (χ2n) is 7.08. The third kappa shape index (κ3) is 2.86. The van der Waals surface area contributed by atoms with E-state index in [0.29, 0.717) is 33.8 Å². The number of nitrogen functional groups attached to an aromatic ring is 1. The standard InChI is InChI=1S/C22H14FN7S/c23-15-8-17-14(7-13(15)11-6-12(24)10-25-9-11)19(30-29-17)22-27-16-3-4-26-21(20(16)28-22)18-2-1-5-31-18/h1-10H,24H2,(H,27,28)(H,29,30). The smallest absolute Gasteiger partial charge is 0.159 e. The van der Waals surface area contributed by atoms with Crippen LogP contribution < -0.4 is 5.73 Å². The van der Waals surface area contributed by atoms with Gasteiger partial charge in [-0.1, -0.05) is 6.07 Å². The van der Waals surface area contributed by atoms with Crippen LogP contribution >= 0.6 is 11.3 Å². The Balaban J connectivity index is 1.54. The van der Waals surface area contributed by atoms with E-state index in [0.717, 1.165) is 27.0 Å². The van der Waals surface area contributed by atoms with Crippen molar-refractivity contribution in [3.05, 3.63) is 66.2 Å². The van der Waals surface area contributed by atoms with Gasteiger partial charge >= 0.3 is 0 Å². The summed E-state index contributed by atoms with van der Waals surface area (Å²) in [5.74, 6) is 0.194. The fourth-order valence-electron chi connectivity index (χ4n) is 3.69. The Labute approximate surface area is 178 Å². The average Bonchev–Trinajstić information content (AvgIpc) is 3.51. The van der Waals surface area contributed by atoms with Crippen LogP contribution in [-0.2, 0) is 0 Å². The molecular formula is C22H14FN7S. The normalized spacial score (nSPS) is 11.5. The van der Waals surface area contributed by atoms with Crippen molar-refractivity contribution in [2.75, 3.05) is 5.73 Å². The summed E-state index contributed by atoms with van der Waals surface area (Å²) in [5, 5.41) is 10.0. The Morgan fingerprint density at radius 1 is 1.03 bits per heavy atom. The Hall–Kier alpha value is -4.11. The van der Waals surface area contributed by atoms with E-state index in [-0.39, 0.29) is 5.82 Å². The van der Waals surface area contributed by atoms with Crippen LogP contribution in [0.3, 0.4) is 0 Å². The predicted molar refractivity (Wildman–Crippen MR) is 120 cm³/mol. The second-order valence-corrected chi connectivity index (χ2v) is 8.02. The van der Waals surface area contributed by atoms with Crippen LogP contribution in [-0.4, -0.2) is 30.1 Å². The molecule has 0 aliphatic heterocycles. The molecule has 150 valence electrons. The largest absolute Gasteiger partial charge is 0.397 e. The molecule has 0 aliphatic carbocycles. The van der Waals surface area contributed by atoms with Crippen LogP contribution in [0, 0.1) is 5.82 Å². The highest BCUT2D eigenvalue weighted by atomic mass is 32.1. The van der Waals surface area contributed by atoms with Crippen LogP contribution in [0.4, 0.5) is 10.1 Å². The number of rotatable bonds is 3. The number of anilines is 1. The lowest BCUT2D eigenvalue weighted by atomic mass is 10.0. The summed E-state index contributed by atoms with van der Waals surface area (Å²) in [6.45, 7) is 0. The zero-order valence-electron chi connectivity index (χ0n) is 15.9. The van der Waals surface area contributed by atoms with E-state index < -0.39 is 0 Å². The molecule has 0 atom stereocenters. The van der Waals surface area contributed by atoms with Gasteiger partial charge in [-0.25, -0.2) is 9.37 Å². The maximum absolute atomic E-state index is 14.8. The van der Waals surface area contributed by atoms with E-state index in [2.05, 4.69) is 25.1 Å². The zero-order valence-corrected chi connectivity index (χ0v) is 16.7. The monoisotopic (exact) mass is 427 g/mol. The lowest BCUT2D eigenvalue weighted by Crippen LogP contribution is -1.90. The number of nitrogens with zero attached hydrogens (tertiary/aromatic N) is 4. The average molecular weight is 427 g/mol. The molecule has 0 spiro atoms. The number of aromatic nitrogens is 6. The van der Waals surface area contributed by atoms with Crippen molar-refractivity contribution in [3.8, 4) is 33.2 Å². The molecule has 5 aromatic heterocycles. The van der Waals surface area contributed by atoms with Crippen molar-refractivity contribution in [3.63, 3.8) is 0 Å². The summed E-state index contributed by atoms with van der Waals surface area (Å²) in [6.07, 6.45) is 4.86. The number of benzene rings is 1. The van der Waals surface area contributed by atoms with Crippen molar-refractivity contribution in [2.24, 2.45) is 0 Å². The number of nitrogens with two attached hydrogens (primary N) is 1. The van der Waals surface area contributed by atoms with Gasteiger partial charge in [0, 0.05) is 41.2 Å². The van der Waals surface area contributed by atoms with E-state index in [9.17, 15) is 4.39 Å². The highest BCUT2D eigenvalue weighted by Gasteiger charge is 2.18. The second kappa shape index (κ2) is 6.71. The van der Waals surface area contributed by atoms with Gasteiger partial charge in [0.1, 0.15) is 22.7 Å².